The van der Waals surface area contributed by atoms with Gasteiger partial charge in [0, 0.05) is 12.1 Å². The van der Waals surface area contributed by atoms with Gasteiger partial charge in [-0.15, -0.1) is 0 Å². The molecule has 3 aromatic carbocycles. The van der Waals surface area contributed by atoms with Crippen molar-refractivity contribution in [1.82, 2.24) is 0 Å². The SMILES string of the molecule is O=C([O-])[C@H](Cc1ccccc1)Nc1c2ccccc2[nH+]c2ccccc12. The average Bonchev–Trinajstić information content (AvgIpc) is 2.67. The monoisotopic (exact) mass is 342 g/mol. The van der Waals surface area contributed by atoms with Gasteiger partial charge >= 0.3 is 0 Å². The average molecular weight is 342 g/mol. The van der Waals surface area contributed by atoms with E-state index in [9.17, 15) is 9.90 Å². The van der Waals surface area contributed by atoms with Gasteiger partial charge in [0.05, 0.1) is 28.5 Å². The number of aromatic nitrogens is 1. The lowest BCUT2D eigenvalue weighted by Gasteiger charge is -2.22. The van der Waals surface area contributed by atoms with Crippen LogP contribution in [0.3, 0.4) is 0 Å². The van der Waals surface area contributed by atoms with Crippen LogP contribution in [0.5, 0.6) is 0 Å². The first-order valence-electron chi connectivity index (χ1n) is 8.56. The van der Waals surface area contributed by atoms with Crippen molar-refractivity contribution in [2.45, 2.75) is 12.5 Å². The van der Waals surface area contributed by atoms with Crippen LogP contribution in [0, 0.1) is 0 Å². The lowest BCUT2D eigenvalue weighted by Crippen LogP contribution is -2.42. The molecule has 0 unspecified atom stereocenters. The molecule has 0 fully saturated rings. The van der Waals surface area contributed by atoms with E-state index in [2.05, 4.69) is 10.3 Å². The van der Waals surface area contributed by atoms with Crippen LogP contribution >= 0.6 is 0 Å². The summed E-state index contributed by atoms with van der Waals surface area (Å²) in [5.74, 6) is -1.12. The van der Waals surface area contributed by atoms with Crippen molar-refractivity contribution in [2.24, 2.45) is 0 Å². The smallest absolute Gasteiger partial charge is 0.213 e. The number of benzene rings is 3. The van der Waals surface area contributed by atoms with Crippen LogP contribution in [-0.4, -0.2) is 12.0 Å². The predicted octanol–water partition coefficient (Wildman–Crippen LogP) is 2.58. The summed E-state index contributed by atoms with van der Waals surface area (Å²) in [5.41, 5.74) is 3.65. The maximum absolute atomic E-state index is 11.8. The number of carboxylic acid groups (broad SMARTS) is 1. The Morgan fingerprint density at radius 1 is 0.846 bits per heavy atom. The van der Waals surface area contributed by atoms with Crippen LogP contribution in [0.4, 0.5) is 5.69 Å². The lowest BCUT2D eigenvalue weighted by atomic mass is 10.0. The number of carbonyl (C=O) groups is 1. The lowest BCUT2D eigenvalue weighted by molar-refractivity contribution is -0.310. The second-order valence-corrected chi connectivity index (χ2v) is 6.30. The molecule has 1 heterocycles. The van der Waals surface area contributed by atoms with E-state index in [0.29, 0.717) is 6.42 Å². The van der Waals surface area contributed by atoms with Gasteiger partial charge in [-0.3, -0.25) is 0 Å². The van der Waals surface area contributed by atoms with Crippen LogP contribution < -0.4 is 15.4 Å². The van der Waals surface area contributed by atoms with Crippen LogP contribution in [0.15, 0.2) is 78.9 Å². The Labute approximate surface area is 151 Å². The Hall–Kier alpha value is -3.40. The highest BCUT2D eigenvalue weighted by Crippen LogP contribution is 2.29. The van der Waals surface area contributed by atoms with Crippen LogP contribution in [-0.2, 0) is 11.2 Å². The molecule has 2 N–H and O–H groups in total. The number of hydrogen-bond donors (Lipinski definition) is 1. The van der Waals surface area contributed by atoms with Crippen molar-refractivity contribution in [3.8, 4) is 0 Å². The third-order valence-corrected chi connectivity index (χ3v) is 4.55. The molecule has 0 aliphatic rings. The van der Waals surface area contributed by atoms with E-state index in [-0.39, 0.29) is 0 Å². The van der Waals surface area contributed by atoms with Crippen LogP contribution in [0.1, 0.15) is 5.56 Å². The summed E-state index contributed by atoms with van der Waals surface area (Å²) in [5, 5.41) is 16.9. The molecule has 0 saturated heterocycles. The normalized spacial score (nSPS) is 12.2. The van der Waals surface area contributed by atoms with Crippen molar-refractivity contribution < 1.29 is 14.9 Å². The third kappa shape index (κ3) is 3.09. The highest BCUT2D eigenvalue weighted by molar-refractivity contribution is 6.05. The zero-order valence-electron chi connectivity index (χ0n) is 14.1. The number of aromatic amines is 1. The van der Waals surface area contributed by atoms with Gasteiger partial charge in [0.25, 0.3) is 0 Å². The van der Waals surface area contributed by atoms with Gasteiger partial charge in [0.1, 0.15) is 0 Å². The minimum Gasteiger partial charge on any atom is -0.548 e. The molecule has 4 nitrogen and oxygen atoms in total. The van der Waals surface area contributed by atoms with E-state index in [1.54, 1.807) is 0 Å². The molecular weight excluding hydrogens is 324 g/mol. The summed E-state index contributed by atoms with van der Waals surface area (Å²) in [4.78, 5) is 15.2. The molecule has 128 valence electrons. The third-order valence-electron chi connectivity index (χ3n) is 4.55. The Kier molecular flexibility index (Phi) is 4.23. The number of para-hydroxylation sites is 2. The first kappa shape index (κ1) is 16.1. The summed E-state index contributed by atoms with van der Waals surface area (Å²) >= 11 is 0. The number of nitrogens with one attached hydrogen (secondary N) is 2. The molecule has 4 heteroatoms. The van der Waals surface area contributed by atoms with Crippen LogP contribution in [0.25, 0.3) is 21.8 Å². The molecule has 26 heavy (non-hydrogen) atoms. The zero-order valence-corrected chi connectivity index (χ0v) is 14.1. The number of carbonyl (C=O) groups excluding carboxylic acids is 1. The highest BCUT2D eigenvalue weighted by Gasteiger charge is 2.18. The molecule has 0 amide bonds. The summed E-state index contributed by atoms with van der Waals surface area (Å²) in [6.07, 6.45) is 0.352. The fourth-order valence-corrected chi connectivity index (χ4v) is 3.28. The van der Waals surface area contributed by atoms with E-state index in [1.807, 2.05) is 78.9 Å². The van der Waals surface area contributed by atoms with E-state index in [4.69, 9.17) is 0 Å². The Balaban J connectivity index is 1.81. The van der Waals surface area contributed by atoms with Gasteiger partial charge < -0.3 is 15.2 Å². The molecule has 0 aliphatic carbocycles. The van der Waals surface area contributed by atoms with E-state index >= 15 is 0 Å². The van der Waals surface area contributed by atoms with Gasteiger partial charge in [0.2, 0.25) is 11.0 Å². The molecular formula is C22H18N2O2. The molecule has 4 aromatic rings. The molecule has 1 aromatic heterocycles. The number of pyridine rings is 1. The Bertz CT molecular complexity index is 1020. The highest BCUT2D eigenvalue weighted by atomic mass is 16.4. The fourth-order valence-electron chi connectivity index (χ4n) is 3.28. The Morgan fingerprint density at radius 3 is 1.96 bits per heavy atom. The van der Waals surface area contributed by atoms with Crippen molar-refractivity contribution >= 4 is 33.5 Å². The largest absolute Gasteiger partial charge is 0.548 e. The fraction of sp³-hybridized carbons (Fsp3) is 0.0909. The summed E-state index contributed by atoms with van der Waals surface area (Å²) < 4.78 is 0. The number of H-pyrrole nitrogens is 1. The minimum absolute atomic E-state index is 0.352. The minimum atomic E-state index is -1.12. The maximum Gasteiger partial charge on any atom is 0.213 e. The number of hydrogen-bond acceptors (Lipinski definition) is 3. The number of aliphatic carboxylic acids is 1. The zero-order chi connectivity index (χ0) is 17.9. The second kappa shape index (κ2) is 6.84. The summed E-state index contributed by atoms with van der Waals surface area (Å²) in [7, 11) is 0. The maximum atomic E-state index is 11.8. The molecule has 4 rings (SSSR count). The van der Waals surface area contributed by atoms with Crippen LogP contribution in [0.2, 0.25) is 0 Å². The van der Waals surface area contributed by atoms with Crippen molar-refractivity contribution in [3.05, 3.63) is 84.4 Å². The molecule has 1 atom stereocenters. The van der Waals surface area contributed by atoms with Crippen molar-refractivity contribution in [1.29, 1.82) is 0 Å². The van der Waals surface area contributed by atoms with E-state index in [0.717, 1.165) is 33.1 Å². The number of fused-ring (bicyclic) bond motifs is 2. The van der Waals surface area contributed by atoms with Gasteiger partial charge in [0.15, 0.2) is 0 Å². The molecule has 0 radical (unpaired) electrons. The standard InChI is InChI=1S/C22H18N2O2/c25-22(26)20(14-15-8-2-1-3-9-15)24-21-16-10-4-6-12-18(16)23-19-13-7-5-11-17(19)21/h1-13,20H,14H2,(H,23,24)(H,25,26)/t20-/m0/s1. The summed E-state index contributed by atoms with van der Waals surface area (Å²) in [6.45, 7) is 0. The topological polar surface area (TPSA) is 66.3 Å². The number of rotatable bonds is 5. The van der Waals surface area contributed by atoms with Gasteiger partial charge in [-0.25, -0.2) is 4.98 Å². The molecule has 0 saturated carbocycles. The van der Waals surface area contributed by atoms with E-state index < -0.39 is 12.0 Å². The Morgan fingerprint density at radius 2 is 1.38 bits per heavy atom. The van der Waals surface area contributed by atoms with Crippen molar-refractivity contribution in [3.63, 3.8) is 0 Å². The van der Waals surface area contributed by atoms with Gasteiger partial charge in [-0.05, 0) is 24.1 Å². The molecule has 0 bridgehead atoms. The first-order valence-corrected chi connectivity index (χ1v) is 8.56. The molecule has 0 spiro atoms. The molecule has 0 aliphatic heterocycles. The first-order chi connectivity index (χ1) is 12.7. The summed E-state index contributed by atoms with van der Waals surface area (Å²) in [6, 6.07) is 24.5. The number of carboxylic acids is 1. The quantitative estimate of drug-likeness (QED) is 0.567. The van der Waals surface area contributed by atoms with E-state index in [1.165, 1.54) is 0 Å². The van der Waals surface area contributed by atoms with Crippen molar-refractivity contribution in [2.75, 3.05) is 5.32 Å². The van der Waals surface area contributed by atoms with Gasteiger partial charge in [-0.1, -0.05) is 54.6 Å². The van der Waals surface area contributed by atoms with Gasteiger partial charge in [-0.2, -0.15) is 0 Å². The number of anilines is 1. The predicted molar refractivity (Wildman–Crippen MR) is 101 cm³/mol. The second-order valence-electron chi connectivity index (χ2n) is 6.30.